The zero-order valence-corrected chi connectivity index (χ0v) is 15.4. The van der Waals surface area contributed by atoms with Crippen molar-refractivity contribution in [3.8, 4) is 11.8 Å². The van der Waals surface area contributed by atoms with E-state index in [0.29, 0.717) is 11.3 Å². The van der Waals surface area contributed by atoms with Crippen molar-refractivity contribution in [1.29, 1.82) is 5.26 Å². The number of likely N-dealkylation sites (N-methyl/N-ethyl adjacent to an activating group) is 1. The van der Waals surface area contributed by atoms with Crippen LogP contribution in [0.5, 0.6) is 5.75 Å². The Morgan fingerprint density at radius 3 is 2.32 bits per heavy atom. The van der Waals surface area contributed by atoms with Crippen LogP contribution in [0.25, 0.3) is 0 Å². The average molecular weight is 387 g/mol. The summed E-state index contributed by atoms with van der Waals surface area (Å²) in [6.45, 7) is 3.01. The van der Waals surface area contributed by atoms with E-state index < -0.39 is 35.2 Å². The number of hydrogen-bond acceptors (Lipinski definition) is 4. The summed E-state index contributed by atoms with van der Waals surface area (Å²) >= 11 is 0. The Balaban J connectivity index is 1.99. The molecule has 0 heterocycles. The fourth-order valence-electron chi connectivity index (χ4n) is 2.43. The molecular weight excluding hydrogens is 368 g/mol. The number of ether oxygens (including phenoxy) is 1. The van der Waals surface area contributed by atoms with E-state index >= 15 is 0 Å². The van der Waals surface area contributed by atoms with Crippen LogP contribution in [0.15, 0.2) is 42.5 Å². The van der Waals surface area contributed by atoms with E-state index in [1.54, 1.807) is 31.2 Å². The Morgan fingerprint density at radius 1 is 1.18 bits per heavy atom. The SMILES string of the molecule is CCN(CC(=O)Nc1c(F)cccc1F)C(=O)C(C)Oc1ccc(C#N)cc1. The Hall–Kier alpha value is -3.47. The summed E-state index contributed by atoms with van der Waals surface area (Å²) in [5.41, 5.74) is -0.101. The molecule has 0 saturated carbocycles. The lowest BCUT2D eigenvalue weighted by Crippen LogP contribution is -2.44. The first kappa shape index (κ1) is 20.8. The van der Waals surface area contributed by atoms with E-state index in [0.717, 1.165) is 12.1 Å². The van der Waals surface area contributed by atoms with Crippen LogP contribution in [-0.4, -0.2) is 35.9 Å². The van der Waals surface area contributed by atoms with Crippen molar-refractivity contribution in [2.24, 2.45) is 0 Å². The Labute approximate surface area is 161 Å². The highest BCUT2D eigenvalue weighted by Crippen LogP contribution is 2.18. The fraction of sp³-hybridized carbons (Fsp3) is 0.250. The Kier molecular flexibility index (Phi) is 7.04. The zero-order chi connectivity index (χ0) is 20.7. The highest BCUT2D eigenvalue weighted by Gasteiger charge is 2.24. The number of rotatable bonds is 7. The van der Waals surface area contributed by atoms with Gasteiger partial charge in [0.2, 0.25) is 5.91 Å². The molecule has 2 amide bonds. The molecule has 0 radical (unpaired) electrons. The lowest BCUT2D eigenvalue weighted by Gasteiger charge is -2.24. The van der Waals surface area contributed by atoms with E-state index in [1.807, 2.05) is 6.07 Å². The molecular formula is C20H19F2N3O3. The molecule has 2 rings (SSSR count). The van der Waals surface area contributed by atoms with Gasteiger partial charge in [0.05, 0.1) is 18.2 Å². The summed E-state index contributed by atoms with van der Waals surface area (Å²) in [6, 6.07) is 11.4. The number of carbonyl (C=O) groups is 2. The van der Waals surface area contributed by atoms with Crippen molar-refractivity contribution in [1.82, 2.24) is 4.90 Å². The van der Waals surface area contributed by atoms with Crippen LogP contribution in [-0.2, 0) is 9.59 Å². The lowest BCUT2D eigenvalue weighted by molar-refractivity contribution is -0.140. The fourth-order valence-corrected chi connectivity index (χ4v) is 2.43. The van der Waals surface area contributed by atoms with Crippen LogP contribution in [0.4, 0.5) is 14.5 Å². The topological polar surface area (TPSA) is 82.4 Å². The van der Waals surface area contributed by atoms with Crippen molar-refractivity contribution in [2.75, 3.05) is 18.4 Å². The number of carbonyl (C=O) groups excluding carboxylic acids is 2. The highest BCUT2D eigenvalue weighted by molar-refractivity contribution is 5.95. The number of anilines is 1. The van der Waals surface area contributed by atoms with Crippen molar-refractivity contribution in [3.05, 3.63) is 59.7 Å². The first-order valence-corrected chi connectivity index (χ1v) is 8.55. The van der Waals surface area contributed by atoms with E-state index in [9.17, 15) is 18.4 Å². The quantitative estimate of drug-likeness (QED) is 0.792. The van der Waals surface area contributed by atoms with Gasteiger partial charge in [-0.2, -0.15) is 5.26 Å². The van der Waals surface area contributed by atoms with Crippen LogP contribution in [0.1, 0.15) is 19.4 Å². The van der Waals surface area contributed by atoms with Gasteiger partial charge in [0.25, 0.3) is 5.91 Å². The van der Waals surface area contributed by atoms with Gasteiger partial charge in [-0.3, -0.25) is 9.59 Å². The minimum Gasteiger partial charge on any atom is -0.481 e. The van der Waals surface area contributed by atoms with Crippen molar-refractivity contribution >= 4 is 17.5 Å². The van der Waals surface area contributed by atoms with Crippen LogP contribution < -0.4 is 10.1 Å². The van der Waals surface area contributed by atoms with Gasteiger partial charge in [-0.05, 0) is 50.2 Å². The van der Waals surface area contributed by atoms with E-state index in [1.165, 1.54) is 17.9 Å². The molecule has 2 aromatic rings. The maximum absolute atomic E-state index is 13.6. The minimum absolute atomic E-state index is 0.201. The molecule has 0 aliphatic heterocycles. The highest BCUT2D eigenvalue weighted by atomic mass is 19.1. The van der Waals surface area contributed by atoms with Gasteiger partial charge in [-0.15, -0.1) is 0 Å². The molecule has 0 aliphatic rings. The summed E-state index contributed by atoms with van der Waals surface area (Å²) < 4.78 is 32.8. The summed E-state index contributed by atoms with van der Waals surface area (Å²) in [6.07, 6.45) is -0.897. The molecule has 0 aliphatic carbocycles. The van der Waals surface area contributed by atoms with Crippen molar-refractivity contribution in [2.45, 2.75) is 20.0 Å². The average Bonchev–Trinajstić information content (AvgIpc) is 2.69. The first-order chi connectivity index (χ1) is 13.3. The minimum atomic E-state index is -0.903. The predicted molar refractivity (Wildman–Crippen MR) is 98.5 cm³/mol. The monoisotopic (exact) mass is 387 g/mol. The largest absolute Gasteiger partial charge is 0.481 e. The second-order valence-corrected chi connectivity index (χ2v) is 5.89. The molecule has 146 valence electrons. The number of nitrogens with one attached hydrogen (secondary N) is 1. The molecule has 2 aromatic carbocycles. The van der Waals surface area contributed by atoms with Gasteiger partial charge < -0.3 is 15.0 Å². The number of benzene rings is 2. The van der Waals surface area contributed by atoms with Crippen LogP contribution in [0.3, 0.4) is 0 Å². The number of amides is 2. The van der Waals surface area contributed by atoms with Gasteiger partial charge in [-0.1, -0.05) is 6.07 Å². The van der Waals surface area contributed by atoms with Crippen molar-refractivity contribution < 1.29 is 23.1 Å². The molecule has 0 bridgehead atoms. The lowest BCUT2D eigenvalue weighted by atomic mass is 10.2. The maximum atomic E-state index is 13.6. The molecule has 0 saturated heterocycles. The van der Waals surface area contributed by atoms with Gasteiger partial charge >= 0.3 is 0 Å². The van der Waals surface area contributed by atoms with Gasteiger partial charge in [0.1, 0.15) is 23.1 Å². The molecule has 1 atom stereocenters. The third kappa shape index (κ3) is 5.27. The van der Waals surface area contributed by atoms with Crippen LogP contribution in [0, 0.1) is 23.0 Å². The zero-order valence-electron chi connectivity index (χ0n) is 15.4. The molecule has 0 spiro atoms. The molecule has 1 unspecified atom stereocenters. The number of nitrogens with zero attached hydrogens (tertiary/aromatic N) is 2. The third-order valence-electron chi connectivity index (χ3n) is 3.90. The number of para-hydroxylation sites is 1. The second-order valence-electron chi connectivity index (χ2n) is 5.89. The van der Waals surface area contributed by atoms with E-state index in [-0.39, 0.29) is 13.1 Å². The normalized spacial score (nSPS) is 11.2. The molecule has 28 heavy (non-hydrogen) atoms. The second kappa shape index (κ2) is 9.46. The standard InChI is InChI=1S/C20H19F2N3O3/c1-3-25(12-18(26)24-19-16(21)5-4-6-17(19)22)20(27)13(2)28-15-9-7-14(11-23)8-10-15/h4-10,13H,3,12H2,1-2H3,(H,24,26). The first-order valence-electron chi connectivity index (χ1n) is 8.55. The summed E-state index contributed by atoms with van der Waals surface area (Å²) in [5.74, 6) is -2.60. The summed E-state index contributed by atoms with van der Waals surface area (Å²) in [5, 5.41) is 10.9. The van der Waals surface area contributed by atoms with Crippen LogP contribution in [0.2, 0.25) is 0 Å². The Bertz CT molecular complexity index is 874. The van der Waals surface area contributed by atoms with Gasteiger partial charge in [0.15, 0.2) is 6.10 Å². The van der Waals surface area contributed by atoms with E-state index in [4.69, 9.17) is 10.00 Å². The van der Waals surface area contributed by atoms with Gasteiger partial charge in [-0.25, -0.2) is 8.78 Å². The molecule has 6 nitrogen and oxygen atoms in total. The van der Waals surface area contributed by atoms with Crippen molar-refractivity contribution in [3.63, 3.8) is 0 Å². The molecule has 0 aromatic heterocycles. The van der Waals surface area contributed by atoms with Crippen LogP contribution >= 0.6 is 0 Å². The van der Waals surface area contributed by atoms with E-state index in [2.05, 4.69) is 5.32 Å². The number of halogens is 2. The summed E-state index contributed by atoms with van der Waals surface area (Å²) in [7, 11) is 0. The predicted octanol–water partition coefficient (Wildman–Crippen LogP) is 3.09. The molecule has 1 N–H and O–H groups in total. The third-order valence-corrected chi connectivity index (χ3v) is 3.90. The van der Waals surface area contributed by atoms with Gasteiger partial charge in [0, 0.05) is 6.54 Å². The summed E-state index contributed by atoms with van der Waals surface area (Å²) in [4.78, 5) is 25.9. The number of nitriles is 1. The molecule has 8 heteroatoms. The maximum Gasteiger partial charge on any atom is 0.263 e. The smallest absolute Gasteiger partial charge is 0.263 e. The molecule has 0 fully saturated rings. The Morgan fingerprint density at radius 2 is 1.79 bits per heavy atom. The number of hydrogen-bond donors (Lipinski definition) is 1.